The molecule has 28 heavy (non-hydrogen) atoms. The zero-order valence-corrected chi connectivity index (χ0v) is 16.2. The summed E-state index contributed by atoms with van der Waals surface area (Å²) in [5, 5.41) is 11.6. The Labute approximate surface area is 163 Å². The molecule has 146 valence electrons. The Morgan fingerprint density at radius 2 is 2.14 bits per heavy atom. The van der Waals surface area contributed by atoms with Crippen LogP contribution in [-0.4, -0.2) is 37.4 Å². The highest BCUT2D eigenvalue weighted by Crippen LogP contribution is 2.41. The molecule has 3 aromatic rings. The zero-order valence-electron chi connectivity index (χ0n) is 16.2. The van der Waals surface area contributed by atoms with E-state index in [1.807, 2.05) is 18.5 Å². The van der Waals surface area contributed by atoms with Gasteiger partial charge in [0.2, 0.25) is 5.91 Å². The Kier molecular flexibility index (Phi) is 5.18. The number of nitrogens with zero attached hydrogens (tertiary/aromatic N) is 5. The fourth-order valence-electron chi connectivity index (χ4n) is 3.36. The van der Waals surface area contributed by atoms with Crippen molar-refractivity contribution in [2.24, 2.45) is 0 Å². The molecule has 3 heterocycles. The normalized spacial score (nSPS) is 13.6. The fraction of sp³-hybridized carbons (Fsp3) is 0.450. The van der Waals surface area contributed by atoms with Crippen LogP contribution in [0, 0.1) is 13.8 Å². The van der Waals surface area contributed by atoms with E-state index in [2.05, 4.69) is 26.5 Å². The van der Waals surface area contributed by atoms with Gasteiger partial charge in [-0.1, -0.05) is 5.16 Å². The summed E-state index contributed by atoms with van der Waals surface area (Å²) < 4.78 is 7.14. The molecule has 8 heteroatoms. The SMILES string of the molecule is Cc1noc(C)c1CCC(=O)NCCn1nc(-c2cnccn2)cc1C1CC1. The number of rotatable bonds is 8. The Balaban J connectivity index is 1.33. The molecule has 1 amide bonds. The van der Waals surface area contributed by atoms with Crippen molar-refractivity contribution in [3.8, 4) is 11.4 Å². The van der Waals surface area contributed by atoms with E-state index in [9.17, 15) is 4.79 Å². The smallest absolute Gasteiger partial charge is 0.220 e. The minimum atomic E-state index is 0.0225. The van der Waals surface area contributed by atoms with Crippen LogP contribution in [0.1, 0.15) is 47.9 Å². The van der Waals surface area contributed by atoms with E-state index in [1.165, 1.54) is 18.5 Å². The summed E-state index contributed by atoms with van der Waals surface area (Å²) in [6.07, 6.45) is 8.48. The number of carbonyl (C=O) groups is 1. The number of hydrogen-bond donors (Lipinski definition) is 1. The lowest BCUT2D eigenvalue weighted by Gasteiger charge is -2.08. The third-order valence-corrected chi connectivity index (χ3v) is 5.06. The van der Waals surface area contributed by atoms with E-state index < -0.39 is 0 Å². The lowest BCUT2D eigenvalue weighted by Crippen LogP contribution is -2.28. The predicted molar refractivity (Wildman–Crippen MR) is 103 cm³/mol. The average Bonchev–Trinajstić information content (AvgIpc) is 3.38. The van der Waals surface area contributed by atoms with Gasteiger partial charge in [-0.05, 0) is 39.2 Å². The molecule has 3 aromatic heterocycles. The second kappa shape index (κ2) is 7.92. The van der Waals surface area contributed by atoms with E-state index in [0.717, 1.165) is 28.4 Å². The van der Waals surface area contributed by atoms with Gasteiger partial charge < -0.3 is 9.84 Å². The molecule has 1 fully saturated rings. The van der Waals surface area contributed by atoms with Crippen molar-refractivity contribution in [3.63, 3.8) is 0 Å². The molecule has 0 radical (unpaired) electrons. The standard InChI is InChI=1S/C20H24N6O2/c1-13-16(14(2)28-25-13)5-6-20(27)23-9-10-26-19(15-3-4-15)11-17(24-26)18-12-21-7-8-22-18/h7-8,11-12,15H,3-6,9-10H2,1-2H3,(H,23,27). The van der Waals surface area contributed by atoms with Crippen molar-refractivity contribution in [2.45, 2.75) is 52.0 Å². The summed E-state index contributed by atoms with van der Waals surface area (Å²) in [6.45, 7) is 4.96. The summed E-state index contributed by atoms with van der Waals surface area (Å²) in [5.74, 6) is 1.37. The summed E-state index contributed by atoms with van der Waals surface area (Å²) in [5.41, 5.74) is 4.69. The molecule has 1 saturated carbocycles. The Morgan fingerprint density at radius 3 is 2.82 bits per heavy atom. The highest BCUT2D eigenvalue weighted by molar-refractivity contribution is 5.76. The van der Waals surface area contributed by atoms with Gasteiger partial charge in [-0.15, -0.1) is 0 Å². The predicted octanol–water partition coefficient (Wildman–Crippen LogP) is 2.57. The first kappa shape index (κ1) is 18.3. The summed E-state index contributed by atoms with van der Waals surface area (Å²) in [6, 6.07) is 2.10. The van der Waals surface area contributed by atoms with E-state index in [4.69, 9.17) is 9.62 Å². The monoisotopic (exact) mass is 380 g/mol. The third-order valence-electron chi connectivity index (χ3n) is 5.06. The van der Waals surface area contributed by atoms with Gasteiger partial charge in [-0.25, -0.2) is 0 Å². The van der Waals surface area contributed by atoms with Crippen LogP contribution < -0.4 is 5.32 Å². The van der Waals surface area contributed by atoms with Crippen molar-refractivity contribution < 1.29 is 9.32 Å². The minimum Gasteiger partial charge on any atom is -0.361 e. The summed E-state index contributed by atoms with van der Waals surface area (Å²) in [4.78, 5) is 20.7. The van der Waals surface area contributed by atoms with E-state index in [1.54, 1.807) is 18.6 Å². The second-order valence-electron chi connectivity index (χ2n) is 7.20. The molecule has 0 spiro atoms. The van der Waals surface area contributed by atoms with Gasteiger partial charge in [0.15, 0.2) is 0 Å². The maximum atomic E-state index is 12.2. The van der Waals surface area contributed by atoms with Crippen LogP contribution in [0.5, 0.6) is 0 Å². The molecule has 0 aromatic carbocycles. The molecular formula is C20H24N6O2. The molecule has 0 bridgehead atoms. The summed E-state index contributed by atoms with van der Waals surface area (Å²) in [7, 11) is 0. The number of nitrogens with one attached hydrogen (secondary N) is 1. The largest absolute Gasteiger partial charge is 0.361 e. The second-order valence-corrected chi connectivity index (χ2v) is 7.20. The molecule has 0 atom stereocenters. The molecule has 1 aliphatic rings. The highest BCUT2D eigenvalue weighted by Gasteiger charge is 2.28. The minimum absolute atomic E-state index is 0.0225. The van der Waals surface area contributed by atoms with Crippen LogP contribution in [0.15, 0.2) is 29.2 Å². The Hall–Kier alpha value is -3.03. The molecule has 8 nitrogen and oxygen atoms in total. The number of aromatic nitrogens is 5. The van der Waals surface area contributed by atoms with Crippen LogP contribution in [0.2, 0.25) is 0 Å². The van der Waals surface area contributed by atoms with Crippen LogP contribution in [0.4, 0.5) is 0 Å². The topological polar surface area (TPSA) is 98.7 Å². The quantitative estimate of drug-likeness (QED) is 0.645. The van der Waals surface area contributed by atoms with Crippen molar-refractivity contribution in [1.82, 2.24) is 30.2 Å². The lowest BCUT2D eigenvalue weighted by molar-refractivity contribution is -0.121. The molecule has 0 aliphatic heterocycles. The third kappa shape index (κ3) is 4.11. The van der Waals surface area contributed by atoms with Gasteiger partial charge in [0.05, 0.1) is 18.4 Å². The summed E-state index contributed by atoms with van der Waals surface area (Å²) >= 11 is 0. The number of hydrogen-bond acceptors (Lipinski definition) is 6. The van der Waals surface area contributed by atoms with Crippen molar-refractivity contribution in [2.75, 3.05) is 6.54 Å². The average molecular weight is 380 g/mol. The van der Waals surface area contributed by atoms with Gasteiger partial charge in [0, 0.05) is 42.5 Å². The maximum absolute atomic E-state index is 12.2. The van der Waals surface area contributed by atoms with E-state index in [0.29, 0.717) is 31.8 Å². The maximum Gasteiger partial charge on any atom is 0.220 e. The molecule has 1 N–H and O–H groups in total. The molecule has 4 rings (SSSR count). The van der Waals surface area contributed by atoms with Crippen molar-refractivity contribution in [3.05, 3.63) is 47.4 Å². The Bertz CT molecular complexity index is 939. The van der Waals surface area contributed by atoms with Crippen LogP contribution in [0.25, 0.3) is 11.4 Å². The first-order chi connectivity index (χ1) is 13.6. The van der Waals surface area contributed by atoms with Gasteiger partial charge in [-0.2, -0.15) is 5.10 Å². The van der Waals surface area contributed by atoms with Gasteiger partial charge in [0.1, 0.15) is 17.1 Å². The van der Waals surface area contributed by atoms with E-state index in [-0.39, 0.29) is 5.91 Å². The van der Waals surface area contributed by atoms with Crippen LogP contribution in [0.3, 0.4) is 0 Å². The zero-order chi connectivity index (χ0) is 19.5. The lowest BCUT2D eigenvalue weighted by atomic mass is 10.1. The molecular weight excluding hydrogens is 356 g/mol. The molecule has 1 aliphatic carbocycles. The fourth-order valence-corrected chi connectivity index (χ4v) is 3.36. The molecule has 0 saturated heterocycles. The first-order valence-electron chi connectivity index (χ1n) is 9.64. The van der Waals surface area contributed by atoms with Gasteiger partial charge >= 0.3 is 0 Å². The van der Waals surface area contributed by atoms with Gasteiger partial charge in [0.25, 0.3) is 0 Å². The number of amides is 1. The van der Waals surface area contributed by atoms with Gasteiger partial charge in [-0.3, -0.25) is 19.4 Å². The van der Waals surface area contributed by atoms with Crippen molar-refractivity contribution in [1.29, 1.82) is 0 Å². The first-order valence-corrected chi connectivity index (χ1v) is 9.64. The highest BCUT2D eigenvalue weighted by atomic mass is 16.5. The van der Waals surface area contributed by atoms with Crippen LogP contribution in [-0.2, 0) is 17.8 Å². The van der Waals surface area contributed by atoms with Crippen molar-refractivity contribution >= 4 is 5.91 Å². The van der Waals surface area contributed by atoms with Crippen LogP contribution >= 0.6 is 0 Å². The number of carbonyl (C=O) groups excluding carboxylic acids is 1. The Morgan fingerprint density at radius 1 is 1.29 bits per heavy atom. The molecule has 0 unspecified atom stereocenters. The van der Waals surface area contributed by atoms with E-state index >= 15 is 0 Å². The number of aryl methyl sites for hydroxylation is 2.